The molecule has 3 amide bonds. The van der Waals surface area contributed by atoms with E-state index in [-0.39, 0.29) is 5.56 Å². The summed E-state index contributed by atoms with van der Waals surface area (Å²) in [5.41, 5.74) is 5.29. The summed E-state index contributed by atoms with van der Waals surface area (Å²) in [5.74, 6) is -0.548. The highest BCUT2D eigenvalue weighted by Gasteiger charge is 2.20. The van der Waals surface area contributed by atoms with E-state index in [2.05, 4.69) is 4.98 Å². The van der Waals surface area contributed by atoms with Gasteiger partial charge >= 0.3 is 6.03 Å². The van der Waals surface area contributed by atoms with Crippen LogP contribution in [0.4, 0.5) is 4.79 Å². The van der Waals surface area contributed by atoms with Crippen molar-refractivity contribution in [2.24, 2.45) is 5.73 Å². The molecule has 0 aliphatic rings. The highest BCUT2D eigenvalue weighted by Crippen LogP contribution is 2.22. The number of hydrogen-bond acceptors (Lipinski definition) is 6. The van der Waals surface area contributed by atoms with E-state index in [0.717, 1.165) is 11.8 Å². The van der Waals surface area contributed by atoms with Gasteiger partial charge in [-0.1, -0.05) is 23.9 Å². The van der Waals surface area contributed by atoms with Gasteiger partial charge in [0.15, 0.2) is 5.16 Å². The molecule has 8 nitrogen and oxygen atoms in total. The van der Waals surface area contributed by atoms with E-state index in [1.54, 1.807) is 31.2 Å². The van der Waals surface area contributed by atoms with Gasteiger partial charge in [0.05, 0.1) is 29.3 Å². The number of imide groups is 1. The Bertz CT molecular complexity index is 821. The van der Waals surface area contributed by atoms with Crippen molar-refractivity contribution >= 4 is 34.6 Å². The summed E-state index contributed by atoms with van der Waals surface area (Å²) in [4.78, 5) is 39.8. The molecule has 1 aromatic heterocycles. The van der Waals surface area contributed by atoms with E-state index in [1.807, 2.05) is 5.32 Å². The van der Waals surface area contributed by atoms with Crippen LogP contribution in [-0.4, -0.2) is 40.5 Å². The summed E-state index contributed by atoms with van der Waals surface area (Å²) in [5, 5.41) is 2.23. The molecule has 0 saturated carbocycles. The minimum Gasteiger partial charge on any atom is -0.383 e. The molecule has 1 heterocycles. The lowest BCUT2D eigenvalue weighted by Gasteiger charge is -2.15. The molecule has 0 radical (unpaired) electrons. The standard InChI is InChI=1S/C15H18N4O4S/c1-9(12(20)18-14(16)22)24-15-17-11-6-4-3-5-10(11)13(21)19(15)7-8-23-2/h3-6,9H,7-8H2,1-2H3,(H3,16,18,20,22). The first-order valence-electron chi connectivity index (χ1n) is 7.19. The van der Waals surface area contributed by atoms with Crippen LogP contribution in [0.5, 0.6) is 0 Å². The van der Waals surface area contributed by atoms with Crippen LogP contribution in [0.1, 0.15) is 6.92 Å². The first kappa shape index (κ1) is 18.0. The van der Waals surface area contributed by atoms with Crippen molar-refractivity contribution in [3.05, 3.63) is 34.6 Å². The van der Waals surface area contributed by atoms with Gasteiger partial charge in [0.2, 0.25) is 5.91 Å². The summed E-state index contributed by atoms with van der Waals surface area (Å²) < 4.78 is 6.50. The minimum absolute atomic E-state index is 0.206. The van der Waals surface area contributed by atoms with Crippen molar-refractivity contribution in [3.8, 4) is 0 Å². The molecule has 2 rings (SSSR count). The van der Waals surface area contributed by atoms with Gasteiger partial charge in [0.25, 0.3) is 5.56 Å². The number of hydrogen-bond donors (Lipinski definition) is 2. The summed E-state index contributed by atoms with van der Waals surface area (Å²) in [6, 6.07) is 6.06. The summed E-state index contributed by atoms with van der Waals surface area (Å²) in [6.45, 7) is 2.24. The first-order chi connectivity index (χ1) is 11.4. The number of urea groups is 1. The zero-order chi connectivity index (χ0) is 17.7. The molecule has 0 fully saturated rings. The van der Waals surface area contributed by atoms with Gasteiger partial charge in [-0.25, -0.2) is 9.78 Å². The number of nitrogens with zero attached hydrogens (tertiary/aromatic N) is 2. The fourth-order valence-electron chi connectivity index (χ4n) is 2.05. The third-order valence-electron chi connectivity index (χ3n) is 3.24. The Balaban J connectivity index is 2.41. The van der Waals surface area contributed by atoms with Crippen molar-refractivity contribution in [1.29, 1.82) is 0 Å². The zero-order valence-corrected chi connectivity index (χ0v) is 14.1. The fourth-order valence-corrected chi connectivity index (χ4v) is 2.99. The molecule has 1 aromatic carbocycles. The number of rotatable bonds is 6. The minimum atomic E-state index is -0.921. The number of ether oxygens (including phenoxy) is 1. The predicted octanol–water partition coefficient (Wildman–Crippen LogP) is 0.718. The van der Waals surface area contributed by atoms with E-state index in [4.69, 9.17) is 10.5 Å². The van der Waals surface area contributed by atoms with Gasteiger partial charge in [-0.05, 0) is 19.1 Å². The number of thioether (sulfide) groups is 1. The van der Waals surface area contributed by atoms with Crippen LogP contribution in [0.3, 0.4) is 0 Å². The molecule has 128 valence electrons. The molecular weight excluding hydrogens is 332 g/mol. The second-order valence-electron chi connectivity index (χ2n) is 4.97. The number of para-hydroxylation sites is 1. The number of fused-ring (bicyclic) bond motifs is 1. The van der Waals surface area contributed by atoms with Crippen molar-refractivity contribution in [2.45, 2.75) is 23.9 Å². The number of methoxy groups -OCH3 is 1. The van der Waals surface area contributed by atoms with E-state index >= 15 is 0 Å². The van der Waals surface area contributed by atoms with E-state index in [0.29, 0.717) is 29.2 Å². The molecular formula is C15H18N4O4S. The average molecular weight is 350 g/mol. The SMILES string of the molecule is COCCn1c(SC(C)C(=O)NC(N)=O)nc2ccccc2c1=O. The van der Waals surface area contributed by atoms with Crippen molar-refractivity contribution < 1.29 is 14.3 Å². The second-order valence-corrected chi connectivity index (χ2v) is 6.28. The Labute approximate surface area is 142 Å². The number of benzene rings is 1. The van der Waals surface area contributed by atoms with Gasteiger partial charge in [-0.3, -0.25) is 19.5 Å². The number of carbonyl (C=O) groups is 2. The Morgan fingerprint density at radius 1 is 1.42 bits per heavy atom. The predicted molar refractivity (Wildman–Crippen MR) is 90.9 cm³/mol. The van der Waals surface area contributed by atoms with Crippen LogP contribution in [-0.2, 0) is 16.1 Å². The van der Waals surface area contributed by atoms with E-state index < -0.39 is 17.2 Å². The maximum Gasteiger partial charge on any atom is 0.318 e. The third kappa shape index (κ3) is 4.12. The fraction of sp³-hybridized carbons (Fsp3) is 0.333. The quantitative estimate of drug-likeness (QED) is 0.586. The number of nitrogens with one attached hydrogen (secondary N) is 1. The third-order valence-corrected chi connectivity index (χ3v) is 4.33. The lowest BCUT2D eigenvalue weighted by Crippen LogP contribution is -2.39. The van der Waals surface area contributed by atoms with Crippen LogP contribution in [0.2, 0.25) is 0 Å². The van der Waals surface area contributed by atoms with E-state index in [9.17, 15) is 14.4 Å². The smallest absolute Gasteiger partial charge is 0.318 e. The number of aromatic nitrogens is 2. The Morgan fingerprint density at radius 3 is 2.79 bits per heavy atom. The molecule has 0 saturated heterocycles. The van der Waals surface area contributed by atoms with Gasteiger partial charge in [0, 0.05) is 7.11 Å². The van der Waals surface area contributed by atoms with Gasteiger partial charge < -0.3 is 10.5 Å². The first-order valence-corrected chi connectivity index (χ1v) is 8.07. The lowest BCUT2D eigenvalue weighted by molar-refractivity contribution is -0.119. The molecule has 0 aliphatic heterocycles. The summed E-state index contributed by atoms with van der Waals surface area (Å²) in [6.07, 6.45) is 0. The lowest BCUT2D eigenvalue weighted by atomic mass is 10.2. The van der Waals surface area contributed by atoms with Crippen LogP contribution < -0.4 is 16.6 Å². The van der Waals surface area contributed by atoms with Crippen molar-refractivity contribution in [1.82, 2.24) is 14.9 Å². The van der Waals surface area contributed by atoms with Gasteiger partial charge in [-0.2, -0.15) is 0 Å². The second kappa shape index (κ2) is 7.93. The highest BCUT2D eigenvalue weighted by molar-refractivity contribution is 8.00. The Hall–Kier alpha value is -2.39. The van der Waals surface area contributed by atoms with Crippen LogP contribution in [0.25, 0.3) is 10.9 Å². The Kier molecular flexibility index (Phi) is 5.93. The van der Waals surface area contributed by atoms with Crippen LogP contribution >= 0.6 is 11.8 Å². The average Bonchev–Trinajstić information content (AvgIpc) is 2.54. The van der Waals surface area contributed by atoms with E-state index in [1.165, 1.54) is 11.7 Å². The van der Waals surface area contributed by atoms with Gasteiger partial charge in [-0.15, -0.1) is 0 Å². The Morgan fingerprint density at radius 2 is 2.12 bits per heavy atom. The summed E-state index contributed by atoms with van der Waals surface area (Å²) in [7, 11) is 1.54. The maximum absolute atomic E-state index is 12.7. The maximum atomic E-state index is 12.7. The van der Waals surface area contributed by atoms with Crippen LogP contribution in [0.15, 0.2) is 34.2 Å². The number of carbonyl (C=O) groups excluding carboxylic acids is 2. The topological polar surface area (TPSA) is 116 Å². The molecule has 1 unspecified atom stereocenters. The molecule has 0 bridgehead atoms. The van der Waals surface area contributed by atoms with Crippen LogP contribution in [0, 0.1) is 0 Å². The molecule has 0 spiro atoms. The number of amides is 3. The normalized spacial score (nSPS) is 12.1. The van der Waals surface area contributed by atoms with Crippen molar-refractivity contribution in [3.63, 3.8) is 0 Å². The molecule has 24 heavy (non-hydrogen) atoms. The van der Waals surface area contributed by atoms with Crippen molar-refractivity contribution in [2.75, 3.05) is 13.7 Å². The largest absolute Gasteiger partial charge is 0.383 e. The molecule has 9 heteroatoms. The highest BCUT2D eigenvalue weighted by atomic mass is 32.2. The zero-order valence-electron chi connectivity index (χ0n) is 13.3. The van der Waals surface area contributed by atoms with Gasteiger partial charge in [0.1, 0.15) is 0 Å². The molecule has 3 N–H and O–H groups in total. The molecule has 1 atom stereocenters. The molecule has 0 aliphatic carbocycles. The molecule has 2 aromatic rings. The number of primary amides is 1. The summed E-state index contributed by atoms with van der Waals surface area (Å²) >= 11 is 1.08. The monoisotopic (exact) mass is 350 g/mol. The number of nitrogens with two attached hydrogens (primary N) is 1.